The second-order valence-electron chi connectivity index (χ2n) is 4.50. The first-order chi connectivity index (χ1) is 11.0. The molecule has 0 aliphatic carbocycles. The summed E-state index contributed by atoms with van der Waals surface area (Å²) in [5.74, 6) is -0.700. The first-order valence-electron chi connectivity index (χ1n) is 6.07. The van der Waals surface area contributed by atoms with Gasteiger partial charge in [-0.25, -0.2) is 0 Å². The number of ether oxygens (including phenoxy) is 1. The molecular weight excluding hydrogens is 364 g/mol. The van der Waals surface area contributed by atoms with Crippen LogP contribution in [-0.4, -0.2) is 37.5 Å². The lowest BCUT2D eigenvalue weighted by molar-refractivity contribution is -0.120. The summed E-state index contributed by atoms with van der Waals surface area (Å²) in [5, 5.41) is 9.39. The lowest BCUT2D eigenvalue weighted by Gasteiger charge is -2.12. The van der Waals surface area contributed by atoms with Crippen LogP contribution in [0.15, 0.2) is 46.2 Å². The molecule has 0 amide bonds. The summed E-state index contributed by atoms with van der Waals surface area (Å²) in [6, 6.07) is 5.85. The molecule has 0 bridgehead atoms. The second kappa shape index (κ2) is 6.20. The van der Waals surface area contributed by atoms with Gasteiger partial charge in [0, 0.05) is 23.3 Å². The number of benzene rings is 2. The smallest absolute Gasteiger partial charge is 0.298 e. The van der Waals surface area contributed by atoms with Crippen LogP contribution in [0.5, 0.6) is 11.5 Å². The number of carbonyl (C=O) groups is 1. The summed E-state index contributed by atoms with van der Waals surface area (Å²) < 4.78 is 69.2. The minimum atomic E-state index is -4.83. The molecule has 128 valence electrons. The highest BCUT2D eigenvalue weighted by Crippen LogP contribution is 2.36. The molecule has 0 aliphatic heterocycles. The molecule has 0 saturated carbocycles. The van der Waals surface area contributed by atoms with E-state index in [1.807, 2.05) is 0 Å². The molecule has 0 spiro atoms. The Labute approximate surface area is 136 Å². The van der Waals surface area contributed by atoms with Crippen molar-refractivity contribution in [3.05, 3.63) is 36.4 Å². The van der Waals surface area contributed by atoms with E-state index in [1.165, 1.54) is 0 Å². The van der Waals surface area contributed by atoms with E-state index in [1.54, 1.807) is 0 Å². The third kappa shape index (κ3) is 3.71. The number of hydrogen-bond donors (Lipinski definition) is 3. The zero-order chi connectivity index (χ0) is 18.1. The van der Waals surface area contributed by atoms with Crippen LogP contribution in [0.2, 0.25) is 0 Å². The van der Waals surface area contributed by atoms with Crippen LogP contribution < -0.4 is 4.74 Å². The van der Waals surface area contributed by atoms with Crippen molar-refractivity contribution >= 4 is 26.7 Å². The predicted octanol–water partition coefficient (Wildman–Crippen LogP) is 1.09. The quantitative estimate of drug-likeness (QED) is 0.515. The van der Waals surface area contributed by atoms with Gasteiger partial charge in [0.05, 0.1) is 0 Å². The van der Waals surface area contributed by atoms with Gasteiger partial charge in [0.2, 0.25) is 0 Å². The van der Waals surface area contributed by atoms with Gasteiger partial charge in [0.15, 0.2) is 0 Å². The summed E-state index contributed by atoms with van der Waals surface area (Å²) in [7, 11) is -9.64. The molecule has 2 aromatic carbocycles. The number of aromatic hydroxyl groups is 1. The number of phenols is 1. The van der Waals surface area contributed by atoms with Gasteiger partial charge in [-0.1, -0.05) is 0 Å². The van der Waals surface area contributed by atoms with Gasteiger partial charge < -0.3 is 9.84 Å². The summed E-state index contributed by atoms with van der Waals surface area (Å²) in [6.07, 6.45) is 0. The largest absolute Gasteiger partial charge is 0.508 e. The Morgan fingerprint density at radius 1 is 0.833 bits per heavy atom. The summed E-state index contributed by atoms with van der Waals surface area (Å²) >= 11 is 0. The molecule has 2 aromatic rings. The maximum atomic E-state index is 11.6. The zero-order valence-corrected chi connectivity index (χ0v) is 13.3. The van der Waals surface area contributed by atoms with E-state index < -0.39 is 35.8 Å². The fraction of sp³-hybridized carbons (Fsp3) is 0. The third-order valence-corrected chi connectivity index (χ3v) is 4.74. The van der Waals surface area contributed by atoms with E-state index in [0.717, 1.165) is 30.3 Å². The lowest BCUT2D eigenvalue weighted by atomic mass is 10.1. The minimum absolute atomic E-state index is 0.0347. The zero-order valence-electron chi connectivity index (χ0n) is 11.6. The van der Waals surface area contributed by atoms with Crippen molar-refractivity contribution in [2.75, 3.05) is 0 Å². The Morgan fingerprint density at radius 3 is 1.83 bits per heavy atom. The van der Waals surface area contributed by atoms with E-state index in [9.17, 15) is 35.8 Å². The average Bonchev–Trinajstić information content (AvgIpc) is 2.46. The van der Waals surface area contributed by atoms with Gasteiger partial charge in [-0.3, -0.25) is 13.9 Å². The van der Waals surface area contributed by atoms with Crippen molar-refractivity contribution in [1.29, 1.82) is 0 Å². The van der Waals surface area contributed by atoms with E-state index in [4.69, 9.17) is 0 Å². The average molecular weight is 374 g/mol. The number of hydrogen-bond acceptors (Lipinski definition) is 7. The van der Waals surface area contributed by atoms with Crippen molar-refractivity contribution in [2.45, 2.75) is 9.79 Å². The Bertz CT molecular complexity index is 1010. The Morgan fingerprint density at radius 2 is 1.33 bits per heavy atom. The van der Waals surface area contributed by atoms with Crippen molar-refractivity contribution in [1.82, 2.24) is 0 Å². The topological polar surface area (TPSA) is 155 Å². The fourth-order valence-corrected chi connectivity index (χ4v) is 3.46. The standard InChI is InChI=1S/C13H10O9S2/c14-7-22-9-2-4-11(13(6-9)24(19,20)21)10-3-1-8(15)5-12(10)23(16,17)18/h1-7,15H,(H,16,17,18)(H,19,20,21). The normalized spacial score (nSPS) is 11.9. The summed E-state index contributed by atoms with van der Waals surface area (Å²) in [4.78, 5) is 8.82. The monoisotopic (exact) mass is 374 g/mol. The van der Waals surface area contributed by atoms with Gasteiger partial charge in [0.1, 0.15) is 21.3 Å². The first-order valence-corrected chi connectivity index (χ1v) is 8.95. The molecule has 9 nitrogen and oxygen atoms in total. The maximum Gasteiger partial charge on any atom is 0.298 e. The molecule has 0 saturated heterocycles. The molecule has 2 rings (SSSR count). The number of carbonyl (C=O) groups excluding carboxylic acids is 1. The fourth-order valence-electron chi connectivity index (χ4n) is 2.01. The Hall–Kier alpha value is -2.47. The molecule has 0 atom stereocenters. The van der Waals surface area contributed by atoms with Crippen molar-refractivity contribution in [3.63, 3.8) is 0 Å². The molecule has 0 fully saturated rings. The highest BCUT2D eigenvalue weighted by Gasteiger charge is 2.24. The van der Waals surface area contributed by atoms with Gasteiger partial charge in [-0.2, -0.15) is 16.8 Å². The highest BCUT2D eigenvalue weighted by atomic mass is 32.2. The van der Waals surface area contributed by atoms with E-state index in [0.29, 0.717) is 6.07 Å². The molecule has 11 heteroatoms. The SMILES string of the molecule is O=COc1ccc(-c2ccc(O)cc2S(=O)(=O)O)c(S(=O)(=O)O)c1. The summed E-state index contributed by atoms with van der Waals surface area (Å²) in [6.45, 7) is 0.0347. The van der Waals surface area contributed by atoms with Crippen LogP contribution in [-0.2, 0) is 25.0 Å². The van der Waals surface area contributed by atoms with Gasteiger partial charge in [-0.05, 0) is 24.3 Å². The predicted molar refractivity (Wildman–Crippen MR) is 79.9 cm³/mol. The van der Waals surface area contributed by atoms with Crippen LogP contribution in [0, 0.1) is 0 Å². The van der Waals surface area contributed by atoms with Crippen LogP contribution in [0.25, 0.3) is 11.1 Å². The molecule has 0 aromatic heterocycles. The Balaban J connectivity index is 2.86. The number of phenolic OH excluding ortho intramolecular Hbond substituents is 1. The number of rotatable bonds is 5. The van der Waals surface area contributed by atoms with E-state index in [2.05, 4.69) is 4.74 Å². The lowest BCUT2D eigenvalue weighted by Crippen LogP contribution is -2.05. The molecule has 0 aliphatic rings. The third-order valence-electron chi connectivity index (χ3n) is 2.95. The van der Waals surface area contributed by atoms with Crippen molar-refractivity contribution in [2.24, 2.45) is 0 Å². The Kier molecular flexibility index (Phi) is 4.62. The second-order valence-corrected chi connectivity index (χ2v) is 7.28. The van der Waals surface area contributed by atoms with Crippen LogP contribution in [0.3, 0.4) is 0 Å². The van der Waals surface area contributed by atoms with E-state index >= 15 is 0 Å². The van der Waals surface area contributed by atoms with Gasteiger partial charge >= 0.3 is 0 Å². The summed E-state index contributed by atoms with van der Waals surface area (Å²) in [5.41, 5.74) is -0.580. The maximum absolute atomic E-state index is 11.6. The van der Waals surface area contributed by atoms with E-state index in [-0.39, 0.29) is 23.3 Å². The van der Waals surface area contributed by atoms with Crippen molar-refractivity contribution < 1.29 is 40.6 Å². The molecule has 24 heavy (non-hydrogen) atoms. The molecule has 0 unspecified atom stereocenters. The molecule has 0 radical (unpaired) electrons. The first kappa shape index (κ1) is 17.9. The molecule has 3 N–H and O–H groups in total. The molecule has 0 heterocycles. The minimum Gasteiger partial charge on any atom is -0.508 e. The molecular formula is C13H10O9S2. The van der Waals surface area contributed by atoms with Crippen molar-refractivity contribution in [3.8, 4) is 22.6 Å². The van der Waals surface area contributed by atoms with Crippen LogP contribution >= 0.6 is 0 Å². The van der Waals surface area contributed by atoms with Crippen LogP contribution in [0.4, 0.5) is 0 Å². The highest BCUT2D eigenvalue weighted by molar-refractivity contribution is 7.86. The van der Waals surface area contributed by atoms with Gasteiger partial charge in [-0.15, -0.1) is 0 Å². The van der Waals surface area contributed by atoms with Crippen LogP contribution in [0.1, 0.15) is 0 Å². The van der Waals surface area contributed by atoms with Gasteiger partial charge in [0.25, 0.3) is 26.7 Å².